The summed E-state index contributed by atoms with van der Waals surface area (Å²) in [6.07, 6.45) is 1.30. The topological polar surface area (TPSA) is 9.23 Å². The summed E-state index contributed by atoms with van der Waals surface area (Å²) in [6, 6.07) is -0.148. The minimum atomic E-state index is -0.148. The molecule has 0 aromatic carbocycles. The van der Waals surface area contributed by atoms with Crippen LogP contribution in [-0.4, -0.2) is 20.0 Å². The Morgan fingerprint density at radius 2 is 2.00 bits per heavy atom. The molecule has 1 aliphatic rings. The van der Waals surface area contributed by atoms with Crippen LogP contribution in [0.1, 0.15) is 27.2 Å². The zero-order valence-corrected chi connectivity index (χ0v) is 6.85. The second kappa shape index (κ2) is 2.79. The molecule has 54 valence electrons. The molecule has 0 aromatic heterocycles. The predicted molar refractivity (Wildman–Crippen MR) is 43.1 cm³/mol. The van der Waals surface area contributed by atoms with E-state index in [0.717, 1.165) is 6.42 Å². The summed E-state index contributed by atoms with van der Waals surface area (Å²) in [5.41, 5.74) is 2.52. The average Bonchev–Trinajstić information content (AvgIpc) is 2.17. The summed E-state index contributed by atoms with van der Waals surface area (Å²) in [7, 11) is 5.65. The Balaban J connectivity index is 2.73. The monoisotopic (exact) mass is 136 g/mol. The third kappa shape index (κ3) is 1.13. The zero-order valence-electron chi connectivity index (χ0n) is 6.85. The van der Waals surface area contributed by atoms with E-state index >= 15 is 0 Å². The molecule has 0 saturated heterocycles. The smallest absolute Gasteiger partial charge is 0.115 e. The van der Waals surface area contributed by atoms with Crippen LogP contribution in [0.15, 0.2) is 11.1 Å². The molecule has 0 aliphatic carbocycles. The van der Waals surface area contributed by atoms with Crippen molar-refractivity contribution in [3.63, 3.8) is 0 Å². The highest BCUT2D eigenvalue weighted by molar-refractivity contribution is 6.13. The Labute approximate surface area is 63.9 Å². The van der Waals surface area contributed by atoms with Gasteiger partial charge in [0.2, 0.25) is 0 Å². The molecule has 0 saturated carbocycles. The van der Waals surface area contributed by atoms with Gasteiger partial charge >= 0.3 is 0 Å². The van der Waals surface area contributed by atoms with E-state index in [1.165, 1.54) is 11.1 Å². The van der Waals surface area contributed by atoms with E-state index < -0.39 is 0 Å². The standard InChI is InChI=1S/C8H13BO/c1-4-7-5(2)6(3)8(9)10-7/h7-8H,4H2,1-3H3/t7-,8-/m1/s1. The van der Waals surface area contributed by atoms with Crippen molar-refractivity contribution < 1.29 is 4.74 Å². The second-order valence-electron chi connectivity index (χ2n) is 2.82. The SMILES string of the molecule is [B][C@@H]1O[C@H](CC)C(C)=C1C. The Bertz CT molecular complexity index is 163. The van der Waals surface area contributed by atoms with E-state index in [4.69, 9.17) is 12.6 Å². The molecule has 1 aliphatic heterocycles. The summed E-state index contributed by atoms with van der Waals surface area (Å²) >= 11 is 0. The first kappa shape index (κ1) is 7.87. The third-order valence-electron chi connectivity index (χ3n) is 2.21. The summed E-state index contributed by atoms with van der Waals surface area (Å²) in [4.78, 5) is 0. The van der Waals surface area contributed by atoms with Gasteiger partial charge in [-0.2, -0.15) is 0 Å². The van der Waals surface area contributed by atoms with Crippen LogP contribution >= 0.6 is 0 Å². The van der Waals surface area contributed by atoms with Gasteiger partial charge in [-0.3, -0.25) is 0 Å². The molecule has 2 radical (unpaired) electrons. The van der Waals surface area contributed by atoms with Crippen molar-refractivity contribution >= 4 is 7.85 Å². The minimum Gasteiger partial charge on any atom is -0.376 e. The van der Waals surface area contributed by atoms with Gasteiger partial charge in [0, 0.05) is 6.00 Å². The fourth-order valence-corrected chi connectivity index (χ4v) is 1.26. The molecule has 0 N–H and O–H groups in total. The molecule has 0 spiro atoms. The van der Waals surface area contributed by atoms with Crippen LogP contribution in [0.4, 0.5) is 0 Å². The first-order valence-corrected chi connectivity index (χ1v) is 3.75. The zero-order chi connectivity index (χ0) is 7.72. The fraction of sp³-hybridized carbons (Fsp3) is 0.750. The molecule has 1 rings (SSSR count). The Hall–Kier alpha value is -0.235. The minimum absolute atomic E-state index is 0.148. The first-order chi connectivity index (χ1) is 4.66. The number of hydrogen-bond donors (Lipinski definition) is 0. The highest BCUT2D eigenvalue weighted by Crippen LogP contribution is 2.26. The molecule has 0 bridgehead atoms. The molecule has 0 fully saturated rings. The Kier molecular flexibility index (Phi) is 2.19. The number of hydrogen-bond acceptors (Lipinski definition) is 1. The van der Waals surface area contributed by atoms with Crippen molar-refractivity contribution in [2.75, 3.05) is 0 Å². The van der Waals surface area contributed by atoms with Crippen molar-refractivity contribution in [3.8, 4) is 0 Å². The van der Waals surface area contributed by atoms with Crippen molar-refractivity contribution in [2.45, 2.75) is 39.3 Å². The van der Waals surface area contributed by atoms with E-state index in [9.17, 15) is 0 Å². The predicted octanol–water partition coefficient (Wildman–Crippen LogP) is 1.63. The summed E-state index contributed by atoms with van der Waals surface area (Å²) < 4.78 is 5.44. The Morgan fingerprint density at radius 1 is 1.40 bits per heavy atom. The van der Waals surface area contributed by atoms with E-state index in [1.54, 1.807) is 0 Å². The van der Waals surface area contributed by atoms with Crippen molar-refractivity contribution in [3.05, 3.63) is 11.1 Å². The lowest BCUT2D eigenvalue weighted by Gasteiger charge is -2.10. The highest BCUT2D eigenvalue weighted by atomic mass is 16.5. The van der Waals surface area contributed by atoms with Gasteiger partial charge in [0.25, 0.3) is 0 Å². The summed E-state index contributed by atoms with van der Waals surface area (Å²) in [5, 5.41) is 0. The van der Waals surface area contributed by atoms with Crippen LogP contribution in [0.3, 0.4) is 0 Å². The maximum absolute atomic E-state index is 5.65. The molecular formula is C8H13BO. The molecular weight excluding hydrogens is 123 g/mol. The van der Waals surface area contributed by atoms with Gasteiger partial charge in [-0.25, -0.2) is 0 Å². The van der Waals surface area contributed by atoms with Gasteiger partial charge in [-0.05, 0) is 25.8 Å². The molecule has 0 amide bonds. The summed E-state index contributed by atoms with van der Waals surface area (Å²) in [6.45, 7) is 6.24. The molecule has 1 heterocycles. The molecule has 1 nitrogen and oxygen atoms in total. The lowest BCUT2D eigenvalue weighted by molar-refractivity contribution is 0.0936. The van der Waals surface area contributed by atoms with Gasteiger partial charge < -0.3 is 4.74 Å². The van der Waals surface area contributed by atoms with Crippen LogP contribution in [-0.2, 0) is 4.74 Å². The van der Waals surface area contributed by atoms with Crippen molar-refractivity contribution in [1.82, 2.24) is 0 Å². The van der Waals surface area contributed by atoms with Gasteiger partial charge in [-0.15, -0.1) is 0 Å². The van der Waals surface area contributed by atoms with Gasteiger partial charge in [0.05, 0.1) is 6.10 Å². The molecule has 2 heteroatoms. The average molecular weight is 136 g/mol. The highest BCUT2D eigenvalue weighted by Gasteiger charge is 2.23. The third-order valence-corrected chi connectivity index (χ3v) is 2.21. The molecule has 0 aromatic rings. The second-order valence-corrected chi connectivity index (χ2v) is 2.82. The van der Waals surface area contributed by atoms with Crippen LogP contribution in [0, 0.1) is 0 Å². The largest absolute Gasteiger partial charge is 0.376 e. The Morgan fingerprint density at radius 3 is 2.20 bits per heavy atom. The normalized spacial score (nSPS) is 33.5. The van der Waals surface area contributed by atoms with Gasteiger partial charge in [0.1, 0.15) is 7.85 Å². The first-order valence-electron chi connectivity index (χ1n) is 3.75. The number of rotatable bonds is 1. The van der Waals surface area contributed by atoms with E-state index in [-0.39, 0.29) is 12.1 Å². The van der Waals surface area contributed by atoms with Crippen LogP contribution in [0.25, 0.3) is 0 Å². The lowest BCUT2D eigenvalue weighted by Crippen LogP contribution is -2.13. The maximum atomic E-state index is 5.65. The molecule has 10 heavy (non-hydrogen) atoms. The van der Waals surface area contributed by atoms with Gasteiger partial charge in [0.15, 0.2) is 0 Å². The summed E-state index contributed by atoms with van der Waals surface area (Å²) in [5.74, 6) is 0. The van der Waals surface area contributed by atoms with E-state index in [1.807, 2.05) is 6.92 Å². The number of ether oxygens (including phenoxy) is 1. The van der Waals surface area contributed by atoms with Gasteiger partial charge in [-0.1, -0.05) is 12.5 Å². The van der Waals surface area contributed by atoms with E-state index in [2.05, 4.69) is 13.8 Å². The van der Waals surface area contributed by atoms with Crippen molar-refractivity contribution in [2.24, 2.45) is 0 Å². The molecule has 2 atom stereocenters. The van der Waals surface area contributed by atoms with Crippen LogP contribution in [0.5, 0.6) is 0 Å². The lowest BCUT2D eigenvalue weighted by atomic mass is 9.92. The maximum Gasteiger partial charge on any atom is 0.115 e. The van der Waals surface area contributed by atoms with Crippen LogP contribution in [0.2, 0.25) is 0 Å². The fourth-order valence-electron chi connectivity index (χ4n) is 1.26. The van der Waals surface area contributed by atoms with Crippen molar-refractivity contribution in [1.29, 1.82) is 0 Å². The van der Waals surface area contributed by atoms with E-state index in [0.29, 0.717) is 0 Å². The quantitative estimate of drug-likeness (QED) is 0.393. The molecule has 0 unspecified atom stereocenters. The van der Waals surface area contributed by atoms with Crippen LogP contribution < -0.4 is 0 Å².